The number of nitrogens with one attached hydrogen (secondary N) is 1. The number of hydrogen-bond donors (Lipinski definition) is 2. The molecule has 0 aliphatic carbocycles. The van der Waals surface area contributed by atoms with Crippen LogP contribution in [0.5, 0.6) is 0 Å². The Bertz CT molecular complexity index is 1120. The number of rotatable bonds is 4. The van der Waals surface area contributed by atoms with E-state index in [-0.39, 0.29) is 18.3 Å². The van der Waals surface area contributed by atoms with Crippen LogP contribution in [-0.4, -0.2) is 10.5 Å². The van der Waals surface area contributed by atoms with Crippen molar-refractivity contribution in [1.82, 2.24) is 4.57 Å². The molecular weight excluding hydrogens is 341 g/mol. The third-order valence-electron chi connectivity index (χ3n) is 4.48. The standard InChI is InChI=1S/C22H18FN3O/c23-19-9-5-4-6-15(19)14-26-20-11-10-17(24)12-16(20)13-21(26)22(27)25-18-7-2-1-3-8-18/h1-13H,14,24H2,(H,25,27). The fourth-order valence-electron chi connectivity index (χ4n) is 3.16. The first kappa shape index (κ1) is 16.8. The largest absolute Gasteiger partial charge is 0.399 e. The van der Waals surface area contributed by atoms with E-state index in [1.54, 1.807) is 30.3 Å². The molecule has 1 heterocycles. The minimum Gasteiger partial charge on any atom is -0.399 e. The van der Waals surface area contributed by atoms with Crippen LogP contribution in [0.3, 0.4) is 0 Å². The predicted molar refractivity (Wildman–Crippen MR) is 106 cm³/mol. The number of hydrogen-bond acceptors (Lipinski definition) is 2. The van der Waals surface area contributed by atoms with E-state index in [9.17, 15) is 9.18 Å². The van der Waals surface area contributed by atoms with Gasteiger partial charge in [0.05, 0.1) is 6.54 Å². The maximum atomic E-state index is 14.2. The van der Waals surface area contributed by atoms with Crippen LogP contribution < -0.4 is 11.1 Å². The zero-order valence-corrected chi connectivity index (χ0v) is 14.5. The van der Waals surface area contributed by atoms with E-state index in [0.29, 0.717) is 22.6 Å². The number of fused-ring (bicyclic) bond motifs is 1. The van der Waals surface area contributed by atoms with Gasteiger partial charge in [-0.15, -0.1) is 0 Å². The third kappa shape index (κ3) is 3.40. The van der Waals surface area contributed by atoms with Gasteiger partial charge in [-0.25, -0.2) is 4.39 Å². The number of anilines is 2. The van der Waals surface area contributed by atoms with Crippen LogP contribution in [0.2, 0.25) is 0 Å². The van der Waals surface area contributed by atoms with Gasteiger partial charge in [0.25, 0.3) is 5.91 Å². The van der Waals surface area contributed by atoms with Gasteiger partial charge in [-0.1, -0.05) is 36.4 Å². The van der Waals surface area contributed by atoms with E-state index in [2.05, 4.69) is 5.32 Å². The molecule has 4 nitrogen and oxygen atoms in total. The van der Waals surface area contributed by atoms with E-state index in [1.807, 2.05) is 47.0 Å². The molecule has 1 amide bonds. The van der Waals surface area contributed by atoms with Crippen molar-refractivity contribution in [3.63, 3.8) is 0 Å². The SMILES string of the molecule is Nc1ccc2c(c1)cc(C(=O)Nc1ccccc1)n2Cc1ccccc1F. The van der Waals surface area contributed by atoms with Gasteiger partial charge in [-0.2, -0.15) is 0 Å². The summed E-state index contributed by atoms with van der Waals surface area (Å²) in [7, 11) is 0. The maximum absolute atomic E-state index is 14.2. The van der Waals surface area contributed by atoms with Crippen molar-refractivity contribution in [2.24, 2.45) is 0 Å². The van der Waals surface area contributed by atoms with Crippen molar-refractivity contribution in [3.05, 3.63) is 95.9 Å². The van der Waals surface area contributed by atoms with Crippen molar-refractivity contribution in [1.29, 1.82) is 0 Å². The summed E-state index contributed by atoms with van der Waals surface area (Å²) >= 11 is 0. The number of para-hydroxylation sites is 1. The summed E-state index contributed by atoms with van der Waals surface area (Å²) < 4.78 is 16.0. The summed E-state index contributed by atoms with van der Waals surface area (Å²) in [6.45, 7) is 0.248. The molecular formula is C22H18FN3O. The number of carbonyl (C=O) groups is 1. The topological polar surface area (TPSA) is 60.1 Å². The number of aromatic nitrogens is 1. The minimum atomic E-state index is -0.302. The summed E-state index contributed by atoms with van der Waals surface area (Å²) in [5.74, 6) is -0.559. The molecule has 4 rings (SSSR count). The normalized spacial score (nSPS) is 10.9. The molecule has 27 heavy (non-hydrogen) atoms. The van der Waals surface area contributed by atoms with Crippen molar-refractivity contribution in [3.8, 4) is 0 Å². The van der Waals surface area contributed by atoms with Gasteiger partial charge in [-0.3, -0.25) is 4.79 Å². The van der Waals surface area contributed by atoms with Crippen LogP contribution in [-0.2, 0) is 6.54 Å². The zero-order chi connectivity index (χ0) is 18.8. The molecule has 3 aromatic carbocycles. The highest BCUT2D eigenvalue weighted by molar-refractivity contribution is 6.06. The Morgan fingerprint density at radius 3 is 2.48 bits per heavy atom. The molecule has 0 aliphatic heterocycles. The number of nitrogens with zero attached hydrogens (tertiary/aromatic N) is 1. The van der Waals surface area contributed by atoms with Gasteiger partial charge >= 0.3 is 0 Å². The first-order valence-electron chi connectivity index (χ1n) is 8.60. The minimum absolute atomic E-state index is 0.248. The van der Waals surface area contributed by atoms with E-state index in [1.165, 1.54) is 6.07 Å². The van der Waals surface area contributed by atoms with E-state index >= 15 is 0 Å². The fraction of sp³-hybridized carbons (Fsp3) is 0.0455. The highest BCUT2D eigenvalue weighted by Gasteiger charge is 2.17. The van der Waals surface area contributed by atoms with Gasteiger partial charge in [0.15, 0.2) is 0 Å². The molecule has 1 aromatic heterocycles. The molecule has 0 radical (unpaired) electrons. The Morgan fingerprint density at radius 1 is 0.963 bits per heavy atom. The average molecular weight is 359 g/mol. The van der Waals surface area contributed by atoms with Gasteiger partial charge in [0.1, 0.15) is 11.5 Å². The third-order valence-corrected chi connectivity index (χ3v) is 4.48. The van der Waals surface area contributed by atoms with Crippen molar-refractivity contribution in [2.45, 2.75) is 6.54 Å². The van der Waals surface area contributed by atoms with Crippen molar-refractivity contribution in [2.75, 3.05) is 11.1 Å². The van der Waals surface area contributed by atoms with E-state index in [4.69, 9.17) is 5.73 Å². The summed E-state index contributed by atoms with van der Waals surface area (Å²) in [4.78, 5) is 12.9. The number of nitrogen functional groups attached to an aromatic ring is 1. The summed E-state index contributed by atoms with van der Waals surface area (Å²) in [5.41, 5.74) is 8.99. The average Bonchev–Trinajstić information content (AvgIpc) is 3.02. The molecule has 134 valence electrons. The molecule has 0 spiro atoms. The second-order valence-corrected chi connectivity index (χ2v) is 6.35. The molecule has 0 fully saturated rings. The van der Waals surface area contributed by atoms with Crippen molar-refractivity contribution >= 4 is 28.2 Å². The van der Waals surface area contributed by atoms with Crippen LogP contribution in [0, 0.1) is 5.82 Å². The Hall–Kier alpha value is -3.60. The lowest BCUT2D eigenvalue weighted by molar-refractivity contribution is 0.101. The first-order valence-corrected chi connectivity index (χ1v) is 8.60. The second kappa shape index (κ2) is 6.96. The lowest BCUT2D eigenvalue weighted by Gasteiger charge is -2.12. The molecule has 0 bridgehead atoms. The lowest BCUT2D eigenvalue weighted by Crippen LogP contribution is -2.17. The predicted octanol–water partition coefficient (Wildman–Crippen LogP) is 4.66. The maximum Gasteiger partial charge on any atom is 0.272 e. The van der Waals surface area contributed by atoms with Crippen LogP contribution >= 0.6 is 0 Å². The Labute approximate surface area is 156 Å². The highest BCUT2D eigenvalue weighted by atomic mass is 19.1. The van der Waals surface area contributed by atoms with Gasteiger partial charge in [0, 0.05) is 27.8 Å². The molecule has 0 aliphatic rings. The quantitative estimate of drug-likeness (QED) is 0.521. The molecule has 5 heteroatoms. The van der Waals surface area contributed by atoms with E-state index in [0.717, 1.165) is 10.9 Å². The van der Waals surface area contributed by atoms with Gasteiger partial charge < -0.3 is 15.6 Å². The number of benzene rings is 3. The van der Waals surface area contributed by atoms with E-state index < -0.39 is 0 Å². The molecule has 4 aromatic rings. The molecule has 0 unspecified atom stereocenters. The lowest BCUT2D eigenvalue weighted by atomic mass is 10.2. The molecule has 3 N–H and O–H groups in total. The number of nitrogens with two attached hydrogens (primary N) is 1. The molecule has 0 atom stereocenters. The molecule has 0 saturated carbocycles. The Kier molecular flexibility index (Phi) is 4.34. The Balaban J connectivity index is 1.79. The smallest absolute Gasteiger partial charge is 0.272 e. The van der Waals surface area contributed by atoms with Gasteiger partial charge in [0.2, 0.25) is 0 Å². The summed E-state index contributed by atoms with van der Waals surface area (Å²) in [5, 5.41) is 3.73. The zero-order valence-electron chi connectivity index (χ0n) is 14.5. The summed E-state index contributed by atoms with van der Waals surface area (Å²) in [6, 6.07) is 23.0. The fourth-order valence-corrected chi connectivity index (χ4v) is 3.16. The molecule has 0 saturated heterocycles. The summed E-state index contributed by atoms with van der Waals surface area (Å²) in [6.07, 6.45) is 0. The number of halogens is 1. The highest BCUT2D eigenvalue weighted by Crippen LogP contribution is 2.25. The Morgan fingerprint density at radius 2 is 1.70 bits per heavy atom. The first-order chi connectivity index (χ1) is 13.1. The van der Waals surface area contributed by atoms with Crippen LogP contribution in [0.15, 0.2) is 78.9 Å². The number of amides is 1. The second-order valence-electron chi connectivity index (χ2n) is 6.35. The monoisotopic (exact) mass is 359 g/mol. The van der Waals surface area contributed by atoms with Gasteiger partial charge in [-0.05, 0) is 42.5 Å². The number of carbonyl (C=O) groups excluding carboxylic acids is 1. The van der Waals surface area contributed by atoms with Crippen LogP contribution in [0.25, 0.3) is 10.9 Å². The van der Waals surface area contributed by atoms with Crippen LogP contribution in [0.4, 0.5) is 15.8 Å². The van der Waals surface area contributed by atoms with Crippen molar-refractivity contribution < 1.29 is 9.18 Å². The van der Waals surface area contributed by atoms with Crippen LogP contribution in [0.1, 0.15) is 16.1 Å².